The molecule has 0 atom stereocenters. The second kappa shape index (κ2) is 4.03. The molecule has 3 rings (SSSR count). The van der Waals surface area contributed by atoms with Crippen LogP contribution in [0.3, 0.4) is 0 Å². The quantitative estimate of drug-likeness (QED) is 0.450. The monoisotopic (exact) mass is 244 g/mol. The molecule has 0 fully saturated rings. The molecular weight excluding hydrogens is 238 g/mol. The Balaban J connectivity index is 0.000000853. The third-order valence-corrected chi connectivity index (χ3v) is 2.25. The summed E-state index contributed by atoms with van der Waals surface area (Å²) in [6, 6.07) is 15.8. The number of nitrogens with zero attached hydrogens (tertiary/aromatic N) is 2. The zero-order valence-corrected chi connectivity index (χ0v) is 11.2. The van der Waals surface area contributed by atoms with Gasteiger partial charge in [0.15, 0.2) is 0 Å². The predicted octanol–water partition coefficient (Wildman–Crippen LogP) is 2.78. The normalized spacial score (nSPS) is 10.1. The number of benzene rings is 2. The second-order valence-corrected chi connectivity index (χ2v) is 3.20. The van der Waals surface area contributed by atoms with Crippen LogP contribution in [0.25, 0.3) is 22.1 Å². The van der Waals surface area contributed by atoms with Crippen molar-refractivity contribution < 1.29 is 19.5 Å². The molecular formula is C12H8N2Zn. The Morgan fingerprint density at radius 2 is 0.800 bits per heavy atom. The van der Waals surface area contributed by atoms with Crippen molar-refractivity contribution in [3.8, 4) is 0 Å². The van der Waals surface area contributed by atoms with E-state index in [1.54, 1.807) is 0 Å². The van der Waals surface area contributed by atoms with Gasteiger partial charge >= 0.3 is 0 Å². The van der Waals surface area contributed by atoms with Gasteiger partial charge in [-0.15, -0.1) is 0 Å². The van der Waals surface area contributed by atoms with E-state index in [1.165, 1.54) is 0 Å². The van der Waals surface area contributed by atoms with E-state index in [0.717, 1.165) is 22.1 Å². The summed E-state index contributed by atoms with van der Waals surface area (Å²) in [6.07, 6.45) is 0. The van der Waals surface area contributed by atoms with Crippen molar-refractivity contribution in [2.45, 2.75) is 0 Å². The number of rotatable bonds is 0. The van der Waals surface area contributed by atoms with Gasteiger partial charge in [-0.05, 0) is 24.3 Å². The van der Waals surface area contributed by atoms with Gasteiger partial charge in [-0.3, -0.25) is 0 Å². The van der Waals surface area contributed by atoms with Crippen molar-refractivity contribution in [2.24, 2.45) is 0 Å². The van der Waals surface area contributed by atoms with Crippen LogP contribution < -0.4 is 0 Å². The molecule has 3 aromatic rings. The minimum atomic E-state index is 0. The molecule has 0 bridgehead atoms. The Labute approximate surface area is 100 Å². The van der Waals surface area contributed by atoms with Gasteiger partial charge in [0.25, 0.3) is 0 Å². The minimum Gasteiger partial charge on any atom is -0.245 e. The molecule has 3 heteroatoms. The van der Waals surface area contributed by atoms with Crippen LogP contribution in [0.5, 0.6) is 0 Å². The molecule has 1 heterocycles. The number of para-hydroxylation sites is 4. The van der Waals surface area contributed by atoms with Gasteiger partial charge in [0.05, 0.1) is 22.1 Å². The molecule has 68 valence electrons. The van der Waals surface area contributed by atoms with Crippen LogP contribution in [-0.4, -0.2) is 9.97 Å². The first-order chi connectivity index (χ1) is 6.93. The molecule has 0 unspecified atom stereocenters. The summed E-state index contributed by atoms with van der Waals surface area (Å²) < 4.78 is 0. The van der Waals surface area contributed by atoms with Crippen LogP contribution in [0.1, 0.15) is 0 Å². The van der Waals surface area contributed by atoms with Crippen molar-refractivity contribution in [3.05, 3.63) is 48.5 Å². The first kappa shape index (κ1) is 10.2. The van der Waals surface area contributed by atoms with Crippen LogP contribution in [-0.2, 0) is 19.5 Å². The van der Waals surface area contributed by atoms with Crippen molar-refractivity contribution in [3.63, 3.8) is 0 Å². The molecule has 1 aromatic heterocycles. The third-order valence-electron chi connectivity index (χ3n) is 2.25. The van der Waals surface area contributed by atoms with E-state index >= 15 is 0 Å². The fourth-order valence-electron chi connectivity index (χ4n) is 1.57. The van der Waals surface area contributed by atoms with Gasteiger partial charge in [-0.1, -0.05) is 24.3 Å². The van der Waals surface area contributed by atoms with Crippen LogP contribution in [0.4, 0.5) is 0 Å². The summed E-state index contributed by atoms with van der Waals surface area (Å²) in [7, 11) is 0. The Morgan fingerprint density at radius 3 is 1.07 bits per heavy atom. The van der Waals surface area contributed by atoms with Crippen molar-refractivity contribution in [1.82, 2.24) is 9.97 Å². The van der Waals surface area contributed by atoms with Gasteiger partial charge in [0, 0.05) is 19.5 Å². The molecule has 0 N–H and O–H groups in total. The van der Waals surface area contributed by atoms with Crippen LogP contribution in [0.2, 0.25) is 0 Å². The van der Waals surface area contributed by atoms with Crippen molar-refractivity contribution in [1.29, 1.82) is 0 Å². The van der Waals surface area contributed by atoms with Gasteiger partial charge in [-0.2, -0.15) is 0 Å². The van der Waals surface area contributed by atoms with Crippen LogP contribution >= 0.6 is 0 Å². The first-order valence-corrected chi connectivity index (χ1v) is 4.55. The Hall–Kier alpha value is -1.34. The number of aromatic nitrogens is 2. The Kier molecular flexibility index (Phi) is 2.74. The summed E-state index contributed by atoms with van der Waals surface area (Å²) in [5.74, 6) is 0. The SMILES string of the molecule is [Zn].c1ccc2nc3ccccc3nc2c1. The third kappa shape index (κ3) is 1.75. The van der Waals surface area contributed by atoms with Gasteiger partial charge in [0.1, 0.15) is 0 Å². The Morgan fingerprint density at radius 1 is 0.533 bits per heavy atom. The van der Waals surface area contributed by atoms with E-state index < -0.39 is 0 Å². The summed E-state index contributed by atoms with van der Waals surface area (Å²) in [6.45, 7) is 0. The van der Waals surface area contributed by atoms with Crippen LogP contribution in [0.15, 0.2) is 48.5 Å². The zero-order chi connectivity index (χ0) is 9.38. The molecule has 15 heavy (non-hydrogen) atoms. The molecule has 2 aromatic carbocycles. The van der Waals surface area contributed by atoms with Crippen molar-refractivity contribution >= 4 is 22.1 Å². The maximum absolute atomic E-state index is 4.52. The fraction of sp³-hybridized carbons (Fsp3) is 0. The summed E-state index contributed by atoms with van der Waals surface area (Å²) in [4.78, 5) is 9.03. The summed E-state index contributed by atoms with van der Waals surface area (Å²) in [5.41, 5.74) is 3.80. The molecule has 0 radical (unpaired) electrons. The average Bonchev–Trinajstić information content (AvgIpc) is 2.26. The average molecular weight is 246 g/mol. The first-order valence-electron chi connectivity index (χ1n) is 4.55. The van der Waals surface area contributed by atoms with E-state index in [-0.39, 0.29) is 19.5 Å². The smallest absolute Gasteiger partial charge is 0.0894 e. The topological polar surface area (TPSA) is 25.8 Å². The summed E-state index contributed by atoms with van der Waals surface area (Å²) >= 11 is 0. The maximum atomic E-state index is 4.52. The standard InChI is InChI=1S/C12H8N2.Zn/c1-2-6-10-9(5-1)13-11-7-3-4-8-12(11)14-10;/h1-8H;. The Bertz CT molecular complexity index is 502. The van der Waals surface area contributed by atoms with Gasteiger partial charge < -0.3 is 0 Å². The molecule has 0 spiro atoms. The molecule has 0 saturated heterocycles. The number of hydrogen-bond acceptors (Lipinski definition) is 2. The largest absolute Gasteiger partial charge is 0.245 e. The molecule has 0 amide bonds. The van der Waals surface area contributed by atoms with E-state index in [1.807, 2.05) is 48.5 Å². The summed E-state index contributed by atoms with van der Waals surface area (Å²) in [5, 5.41) is 0. The number of fused-ring (bicyclic) bond motifs is 2. The van der Waals surface area contributed by atoms with Crippen LogP contribution in [0, 0.1) is 0 Å². The molecule has 2 nitrogen and oxygen atoms in total. The minimum absolute atomic E-state index is 0. The number of hydrogen-bond donors (Lipinski definition) is 0. The molecule has 0 saturated carbocycles. The van der Waals surface area contributed by atoms with Gasteiger partial charge in [-0.25, -0.2) is 9.97 Å². The second-order valence-electron chi connectivity index (χ2n) is 3.20. The maximum Gasteiger partial charge on any atom is 0.0894 e. The fourth-order valence-corrected chi connectivity index (χ4v) is 1.57. The van der Waals surface area contributed by atoms with Gasteiger partial charge in [0.2, 0.25) is 0 Å². The van der Waals surface area contributed by atoms with Crippen molar-refractivity contribution in [2.75, 3.05) is 0 Å². The molecule has 0 aliphatic carbocycles. The van der Waals surface area contributed by atoms with E-state index in [2.05, 4.69) is 9.97 Å². The van der Waals surface area contributed by atoms with E-state index in [9.17, 15) is 0 Å². The predicted molar refractivity (Wildman–Crippen MR) is 57.0 cm³/mol. The molecule has 0 aliphatic heterocycles. The molecule has 0 aliphatic rings. The zero-order valence-electron chi connectivity index (χ0n) is 8.22. The van der Waals surface area contributed by atoms with E-state index in [4.69, 9.17) is 0 Å². The van der Waals surface area contributed by atoms with E-state index in [0.29, 0.717) is 0 Å².